The summed E-state index contributed by atoms with van der Waals surface area (Å²) in [7, 11) is 1.25. The van der Waals surface area contributed by atoms with Crippen molar-refractivity contribution < 1.29 is 18.7 Å². The largest absolute Gasteiger partial charge is 0.486 e. The van der Waals surface area contributed by atoms with Gasteiger partial charge in [-0.1, -0.05) is 6.07 Å². The van der Waals surface area contributed by atoms with Gasteiger partial charge in [0.25, 0.3) is 0 Å². The van der Waals surface area contributed by atoms with Gasteiger partial charge in [-0.25, -0.2) is 9.18 Å². The van der Waals surface area contributed by atoms with Crippen molar-refractivity contribution in [3.05, 3.63) is 47.5 Å². The molecule has 0 N–H and O–H groups in total. The average Bonchev–Trinajstić information content (AvgIpc) is 2.93. The third-order valence-electron chi connectivity index (χ3n) is 2.80. The van der Waals surface area contributed by atoms with Crippen molar-refractivity contribution in [2.75, 3.05) is 7.11 Å². The van der Waals surface area contributed by atoms with Gasteiger partial charge < -0.3 is 9.47 Å². The summed E-state index contributed by atoms with van der Waals surface area (Å²) in [6, 6.07) is 4.15. The summed E-state index contributed by atoms with van der Waals surface area (Å²) in [5, 5.41) is 4.05. The van der Waals surface area contributed by atoms with Gasteiger partial charge in [-0.15, -0.1) is 0 Å². The van der Waals surface area contributed by atoms with Crippen molar-refractivity contribution in [1.82, 2.24) is 9.78 Å². The molecule has 0 amide bonds. The zero-order valence-corrected chi connectivity index (χ0v) is 11.3. The number of ether oxygens (including phenoxy) is 2. The van der Waals surface area contributed by atoms with Crippen LogP contribution in [0, 0.1) is 5.82 Å². The molecule has 0 saturated carbocycles. The number of esters is 1. The van der Waals surface area contributed by atoms with E-state index in [4.69, 9.17) is 4.74 Å². The second kappa shape index (κ2) is 6.18. The number of hydrogen-bond donors (Lipinski definition) is 0. The fraction of sp³-hybridized carbons (Fsp3) is 0.286. The monoisotopic (exact) mass is 278 g/mol. The first-order chi connectivity index (χ1) is 9.63. The molecule has 0 spiro atoms. The number of aromatic nitrogens is 2. The molecule has 1 heterocycles. The first-order valence-corrected chi connectivity index (χ1v) is 6.16. The molecule has 2 aromatic rings. The van der Waals surface area contributed by atoms with E-state index in [1.807, 2.05) is 6.92 Å². The molecule has 1 aromatic heterocycles. The predicted molar refractivity (Wildman–Crippen MR) is 70.0 cm³/mol. The molecule has 0 fully saturated rings. The lowest BCUT2D eigenvalue weighted by Crippen LogP contribution is -2.04. The van der Waals surface area contributed by atoms with E-state index in [1.54, 1.807) is 17.1 Å². The van der Waals surface area contributed by atoms with E-state index >= 15 is 0 Å². The Kier molecular flexibility index (Phi) is 4.34. The minimum Gasteiger partial charge on any atom is -0.486 e. The predicted octanol–water partition coefficient (Wildman–Crippen LogP) is 2.41. The van der Waals surface area contributed by atoms with Gasteiger partial charge in [-0.2, -0.15) is 5.10 Å². The maximum absolute atomic E-state index is 13.8. The first kappa shape index (κ1) is 14.0. The smallest absolute Gasteiger partial charge is 0.337 e. The molecule has 0 saturated heterocycles. The highest BCUT2D eigenvalue weighted by atomic mass is 19.1. The van der Waals surface area contributed by atoms with Crippen LogP contribution in [0.25, 0.3) is 0 Å². The van der Waals surface area contributed by atoms with Crippen LogP contribution in [-0.4, -0.2) is 22.9 Å². The molecule has 6 heteroatoms. The van der Waals surface area contributed by atoms with Crippen LogP contribution >= 0.6 is 0 Å². The van der Waals surface area contributed by atoms with E-state index < -0.39 is 11.8 Å². The van der Waals surface area contributed by atoms with Gasteiger partial charge in [0, 0.05) is 12.1 Å². The Bertz CT molecular complexity index is 610. The molecular formula is C14H15FN2O3. The molecule has 0 aliphatic rings. The summed E-state index contributed by atoms with van der Waals surface area (Å²) in [4.78, 5) is 11.3. The SMILES string of the molecule is CCn1cc(OCc2ccc(C(=O)OC)cc2F)cn1. The maximum Gasteiger partial charge on any atom is 0.337 e. The lowest BCUT2D eigenvalue weighted by molar-refractivity contribution is 0.0600. The Labute approximate surface area is 115 Å². The molecule has 0 aliphatic carbocycles. The molecule has 0 radical (unpaired) electrons. The summed E-state index contributed by atoms with van der Waals surface area (Å²) in [5.74, 6) is -0.500. The van der Waals surface area contributed by atoms with Crippen molar-refractivity contribution in [1.29, 1.82) is 0 Å². The second-order valence-electron chi connectivity index (χ2n) is 4.12. The number of aryl methyl sites for hydroxylation is 1. The Hall–Kier alpha value is -2.37. The molecule has 106 valence electrons. The van der Waals surface area contributed by atoms with Crippen LogP contribution in [0.1, 0.15) is 22.8 Å². The summed E-state index contributed by atoms with van der Waals surface area (Å²) < 4.78 is 25.5. The van der Waals surface area contributed by atoms with Crippen LogP contribution in [0.2, 0.25) is 0 Å². The fourth-order valence-corrected chi connectivity index (χ4v) is 1.66. The summed E-state index contributed by atoms with van der Waals surface area (Å²) in [6.45, 7) is 2.77. The highest BCUT2D eigenvalue weighted by Gasteiger charge is 2.10. The van der Waals surface area contributed by atoms with Crippen LogP contribution < -0.4 is 4.74 Å². The minimum absolute atomic E-state index is 0.0721. The molecule has 0 bridgehead atoms. The van der Waals surface area contributed by atoms with E-state index in [9.17, 15) is 9.18 Å². The second-order valence-corrected chi connectivity index (χ2v) is 4.12. The van der Waals surface area contributed by atoms with Crippen molar-refractivity contribution >= 4 is 5.97 Å². The van der Waals surface area contributed by atoms with Gasteiger partial charge in [-0.3, -0.25) is 4.68 Å². The number of halogens is 1. The van der Waals surface area contributed by atoms with Crippen LogP contribution in [-0.2, 0) is 17.9 Å². The molecule has 20 heavy (non-hydrogen) atoms. The number of carbonyl (C=O) groups is 1. The summed E-state index contributed by atoms with van der Waals surface area (Å²) in [5.41, 5.74) is 0.537. The van der Waals surface area contributed by atoms with Crippen molar-refractivity contribution in [2.24, 2.45) is 0 Å². The number of carbonyl (C=O) groups excluding carboxylic acids is 1. The lowest BCUT2D eigenvalue weighted by Gasteiger charge is -2.06. The number of hydrogen-bond acceptors (Lipinski definition) is 4. The van der Waals surface area contributed by atoms with Crippen LogP contribution in [0.3, 0.4) is 0 Å². The van der Waals surface area contributed by atoms with Crippen molar-refractivity contribution in [3.63, 3.8) is 0 Å². The van der Waals surface area contributed by atoms with Gasteiger partial charge in [0.15, 0.2) is 5.75 Å². The van der Waals surface area contributed by atoms with Crippen molar-refractivity contribution in [2.45, 2.75) is 20.1 Å². The van der Waals surface area contributed by atoms with E-state index in [0.29, 0.717) is 11.3 Å². The number of rotatable bonds is 5. The van der Waals surface area contributed by atoms with Gasteiger partial charge in [0.05, 0.1) is 25.1 Å². The van der Waals surface area contributed by atoms with E-state index in [0.717, 1.165) is 12.6 Å². The topological polar surface area (TPSA) is 53.4 Å². The lowest BCUT2D eigenvalue weighted by atomic mass is 10.1. The van der Waals surface area contributed by atoms with Gasteiger partial charge in [0.1, 0.15) is 12.4 Å². The Balaban J connectivity index is 2.04. The summed E-state index contributed by atoms with van der Waals surface area (Å²) in [6.07, 6.45) is 3.31. The first-order valence-electron chi connectivity index (χ1n) is 6.16. The van der Waals surface area contributed by atoms with E-state index in [-0.39, 0.29) is 12.2 Å². The molecule has 1 aromatic carbocycles. The molecule has 0 aliphatic heterocycles. The zero-order chi connectivity index (χ0) is 14.5. The maximum atomic E-state index is 13.8. The molecule has 5 nitrogen and oxygen atoms in total. The van der Waals surface area contributed by atoms with Crippen LogP contribution in [0.15, 0.2) is 30.6 Å². The van der Waals surface area contributed by atoms with Crippen LogP contribution in [0.5, 0.6) is 5.75 Å². The van der Waals surface area contributed by atoms with Gasteiger partial charge in [0.2, 0.25) is 0 Å². The van der Waals surface area contributed by atoms with E-state index in [2.05, 4.69) is 9.84 Å². The third kappa shape index (κ3) is 3.14. The third-order valence-corrected chi connectivity index (χ3v) is 2.80. The Morgan fingerprint density at radius 1 is 1.45 bits per heavy atom. The van der Waals surface area contributed by atoms with Gasteiger partial charge in [-0.05, 0) is 19.1 Å². The summed E-state index contributed by atoms with van der Waals surface area (Å²) >= 11 is 0. The molecule has 2 rings (SSSR count). The Morgan fingerprint density at radius 3 is 2.85 bits per heavy atom. The fourth-order valence-electron chi connectivity index (χ4n) is 1.66. The molecular weight excluding hydrogens is 263 g/mol. The zero-order valence-electron chi connectivity index (χ0n) is 11.3. The number of methoxy groups -OCH3 is 1. The minimum atomic E-state index is -0.569. The van der Waals surface area contributed by atoms with Crippen LogP contribution in [0.4, 0.5) is 4.39 Å². The highest BCUT2D eigenvalue weighted by Crippen LogP contribution is 2.15. The van der Waals surface area contributed by atoms with Gasteiger partial charge >= 0.3 is 5.97 Å². The van der Waals surface area contributed by atoms with Crippen molar-refractivity contribution in [3.8, 4) is 5.75 Å². The average molecular weight is 278 g/mol. The normalized spacial score (nSPS) is 10.3. The molecule has 0 unspecified atom stereocenters. The van der Waals surface area contributed by atoms with E-state index in [1.165, 1.54) is 19.2 Å². The quantitative estimate of drug-likeness (QED) is 0.788. The molecule has 0 atom stereocenters. The highest BCUT2D eigenvalue weighted by molar-refractivity contribution is 5.89. The standard InChI is InChI=1S/C14H15FN2O3/c1-3-17-8-12(7-16-17)20-9-11-5-4-10(6-13(11)15)14(18)19-2/h4-8H,3,9H2,1-2H3. The number of benzene rings is 1. The number of nitrogens with zero attached hydrogens (tertiary/aromatic N) is 2. The Morgan fingerprint density at radius 2 is 2.25 bits per heavy atom.